The van der Waals surface area contributed by atoms with E-state index in [1.54, 1.807) is 6.07 Å². The number of ether oxygens (including phenoxy) is 1. The van der Waals surface area contributed by atoms with Gasteiger partial charge in [0.1, 0.15) is 0 Å². The standard InChI is InChI=1S/C19H20F3N3O2/c1-12-3-2-4-14-5-6-15(17(12)14)25-18(26)24-10-13-7-8-23-16(9-13)27-11-19(20,21)22/h2-4,7-9,15H,5-6,10-11H2,1H3,(H2,24,25,26)/t15-/m0/s1. The Balaban J connectivity index is 1.53. The molecule has 3 rings (SSSR count). The first-order valence-corrected chi connectivity index (χ1v) is 8.59. The summed E-state index contributed by atoms with van der Waals surface area (Å²) in [4.78, 5) is 16.0. The summed E-state index contributed by atoms with van der Waals surface area (Å²) in [5.74, 6) is -0.132. The monoisotopic (exact) mass is 379 g/mol. The van der Waals surface area contributed by atoms with Gasteiger partial charge in [0.05, 0.1) is 6.04 Å². The molecule has 0 saturated carbocycles. The predicted octanol–water partition coefficient (Wildman–Crippen LogP) is 3.82. The zero-order valence-electron chi connectivity index (χ0n) is 14.8. The molecule has 1 aromatic carbocycles. The molecule has 27 heavy (non-hydrogen) atoms. The van der Waals surface area contributed by atoms with Crippen molar-refractivity contribution in [1.29, 1.82) is 0 Å². The largest absolute Gasteiger partial charge is 0.468 e. The van der Waals surface area contributed by atoms with Crippen LogP contribution in [0.1, 0.15) is 34.7 Å². The van der Waals surface area contributed by atoms with Crippen molar-refractivity contribution < 1.29 is 22.7 Å². The first kappa shape index (κ1) is 19.0. The van der Waals surface area contributed by atoms with E-state index in [1.165, 1.54) is 23.4 Å². The van der Waals surface area contributed by atoms with Crippen molar-refractivity contribution in [3.63, 3.8) is 0 Å². The van der Waals surface area contributed by atoms with Crippen LogP contribution in [0.4, 0.5) is 18.0 Å². The second kappa shape index (κ2) is 7.85. The van der Waals surface area contributed by atoms with Crippen molar-refractivity contribution in [3.8, 4) is 5.88 Å². The summed E-state index contributed by atoms with van der Waals surface area (Å²) in [6.45, 7) is 0.776. The average molecular weight is 379 g/mol. The maximum atomic E-state index is 12.2. The number of halogens is 3. The summed E-state index contributed by atoms with van der Waals surface area (Å²) in [6.07, 6.45) is -1.31. The van der Waals surface area contributed by atoms with Gasteiger partial charge in [0.25, 0.3) is 0 Å². The Labute approximate surface area is 154 Å². The van der Waals surface area contributed by atoms with Crippen LogP contribution in [-0.4, -0.2) is 23.8 Å². The Morgan fingerprint density at radius 3 is 2.93 bits per heavy atom. The van der Waals surface area contributed by atoms with Crippen molar-refractivity contribution in [2.75, 3.05) is 6.61 Å². The third-order valence-electron chi connectivity index (χ3n) is 4.41. The minimum atomic E-state index is -4.43. The molecule has 0 unspecified atom stereocenters. The number of fused-ring (bicyclic) bond motifs is 1. The Kier molecular flexibility index (Phi) is 5.53. The van der Waals surface area contributed by atoms with Crippen LogP contribution in [0.25, 0.3) is 0 Å². The van der Waals surface area contributed by atoms with Crippen LogP contribution < -0.4 is 15.4 Å². The highest BCUT2D eigenvalue weighted by Gasteiger charge is 2.28. The number of aryl methyl sites for hydroxylation is 2. The van der Waals surface area contributed by atoms with Gasteiger partial charge in [0.2, 0.25) is 5.88 Å². The Morgan fingerprint density at radius 1 is 1.33 bits per heavy atom. The van der Waals surface area contributed by atoms with E-state index in [-0.39, 0.29) is 24.5 Å². The number of aromatic nitrogens is 1. The first-order valence-electron chi connectivity index (χ1n) is 8.59. The van der Waals surface area contributed by atoms with Crippen LogP contribution in [0.15, 0.2) is 36.5 Å². The third-order valence-corrected chi connectivity index (χ3v) is 4.41. The lowest BCUT2D eigenvalue weighted by molar-refractivity contribution is -0.154. The van der Waals surface area contributed by atoms with Gasteiger partial charge in [0.15, 0.2) is 6.61 Å². The van der Waals surface area contributed by atoms with Gasteiger partial charge in [-0.3, -0.25) is 0 Å². The normalized spacial score (nSPS) is 15.9. The number of urea groups is 1. The number of nitrogens with zero attached hydrogens (tertiary/aromatic N) is 1. The molecule has 2 N–H and O–H groups in total. The lowest BCUT2D eigenvalue weighted by Gasteiger charge is -2.17. The van der Waals surface area contributed by atoms with Gasteiger partial charge in [-0.2, -0.15) is 13.2 Å². The van der Waals surface area contributed by atoms with Crippen LogP contribution in [-0.2, 0) is 13.0 Å². The van der Waals surface area contributed by atoms with E-state index >= 15 is 0 Å². The Hall–Kier alpha value is -2.77. The number of hydrogen-bond acceptors (Lipinski definition) is 3. The van der Waals surface area contributed by atoms with Crippen molar-refractivity contribution in [2.24, 2.45) is 0 Å². The van der Waals surface area contributed by atoms with E-state index in [2.05, 4.69) is 26.4 Å². The molecular formula is C19H20F3N3O2. The maximum absolute atomic E-state index is 12.2. The Morgan fingerprint density at radius 2 is 2.15 bits per heavy atom. The molecule has 0 radical (unpaired) electrons. The number of pyridine rings is 1. The van der Waals surface area contributed by atoms with E-state index in [0.29, 0.717) is 5.56 Å². The molecule has 2 aromatic rings. The molecular weight excluding hydrogens is 359 g/mol. The molecule has 0 aliphatic heterocycles. The molecule has 5 nitrogen and oxygen atoms in total. The molecule has 0 bridgehead atoms. The fourth-order valence-electron chi connectivity index (χ4n) is 3.23. The maximum Gasteiger partial charge on any atom is 0.422 e. The van der Waals surface area contributed by atoms with Gasteiger partial charge in [-0.1, -0.05) is 18.2 Å². The molecule has 144 valence electrons. The van der Waals surface area contributed by atoms with Crippen molar-refractivity contribution in [1.82, 2.24) is 15.6 Å². The number of hydrogen-bond donors (Lipinski definition) is 2. The second-order valence-electron chi connectivity index (χ2n) is 6.47. The number of nitrogens with one attached hydrogen (secondary N) is 2. The summed E-state index contributed by atoms with van der Waals surface area (Å²) in [7, 11) is 0. The van der Waals surface area contributed by atoms with Gasteiger partial charge in [-0.05, 0) is 48.1 Å². The van der Waals surface area contributed by atoms with Gasteiger partial charge in [-0.25, -0.2) is 9.78 Å². The molecule has 0 fully saturated rings. The number of benzene rings is 1. The van der Waals surface area contributed by atoms with Gasteiger partial charge in [-0.15, -0.1) is 0 Å². The molecule has 0 spiro atoms. The summed E-state index contributed by atoms with van der Waals surface area (Å²) >= 11 is 0. The minimum absolute atomic E-state index is 0.0377. The number of alkyl halides is 3. The highest BCUT2D eigenvalue weighted by atomic mass is 19.4. The molecule has 1 aromatic heterocycles. The average Bonchev–Trinajstić information content (AvgIpc) is 3.02. The van der Waals surface area contributed by atoms with Crippen LogP contribution in [0.2, 0.25) is 0 Å². The molecule has 1 aliphatic rings. The highest BCUT2D eigenvalue weighted by molar-refractivity contribution is 5.74. The smallest absolute Gasteiger partial charge is 0.422 e. The van der Waals surface area contributed by atoms with Crippen LogP contribution in [0, 0.1) is 6.92 Å². The molecule has 1 heterocycles. The van der Waals surface area contributed by atoms with E-state index in [0.717, 1.165) is 18.4 Å². The number of amides is 2. The molecule has 0 saturated heterocycles. The summed E-state index contributed by atoms with van der Waals surface area (Å²) < 4.78 is 41.2. The Bertz CT molecular complexity index is 824. The van der Waals surface area contributed by atoms with Gasteiger partial charge >= 0.3 is 12.2 Å². The lowest BCUT2D eigenvalue weighted by atomic mass is 10.0. The zero-order chi connectivity index (χ0) is 19.4. The van der Waals surface area contributed by atoms with E-state index < -0.39 is 12.8 Å². The SMILES string of the molecule is Cc1cccc2c1[C@@H](NC(=O)NCc1ccnc(OCC(F)(F)F)c1)CC2. The van der Waals surface area contributed by atoms with E-state index in [9.17, 15) is 18.0 Å². The lowest BCUT2D eigenvalue weighted by Crippen LogP contribution is -2.37. The molecule has 1 atom stereocenters. The quantitative estimate of drug-likeness (QED) is 0.830. The van der Waals surface area contributed by atoms with Gasteiger partial charge in [0, 0.05) is 18.8 Å². The van der Waals surface area contributed by atoms with Crippen LogP contribution >= 0.6 is 0 Å². The van der Waals surface area contributed by atoms with Crippen molar-refractivity contribution in [3.05, 3.63) is 58.8 Å². The molecule has 2 amide bonds. The first-order chi connectivity index (χ1) is 12.8. The van der Waals surface area contributed by atoms with Crippen molar-refractivity contribution >= 4 is 6.03 Å². The predicted molar refractivity (Wildman–Crippen MR) is 93.4 cm³/mol. The summed E-state index contributed by atoms with van der Waals surface area (Å²) in [5, 5.41) is 5.68. The van der Waals surface area contributed by atoms with E-state index in [1.807, 2.05) is 19.1 Å². The fraction of sp³-hybridized carbons (Fsp3) is 0.368. The fourth-order valence-corrected chi connectivity index (χ4v) is 3.23. The zero-order valence-corrected chi connectivity index (χ0v) is 14.8. The topological polar surface area (TPSA) is 63.2 Å². The van der Waals surface area contributed by atoms with Crippen LogP contribution in [0.5, 0.6) is 5.88 Å². The summed E-state index contributed by atoms with van der Waals surface area (Å²) in [5.41, 5.74) is 4.16. The molecule has 1 aliphatic carbocycles. The van der Waals surface area contributed by atoms with Crippen LogP contribution in [0.3, 0.4) is 0 Å². The number of rotatable bonds is 5. The minimum Gasteiger partial charge on any atom is -0.468 e. The highest BCUT2D eigenvalue weighted by Crippen LogP contribution is 2.33. The number of carbonyl (C=O) groups excluding carboxylic acids is 1. The summed E-state index contributed by atoms with van der Waals surface area (Å²) in [6, 6.07) is 8.72. The second-order valence-corrected chi connectivity index (χ2v) is 6.47. The van der Waals surface area contributed by atoms with Crippen molar-refractivity contribution in [2.45, 2.75) is 38.5 Å². The third kappa shape index (κ3) is 5.12. The van der Waals surface area contributed by atoms with E-state index in [4.69, 9.17) is 0 Å². The molecule has 8 heteroatoms. The van der Waals surface area contributed by atoms with Gasteiger partial charge < -0.3 is 15.4 Å². The number of carbonyl (C=O) groups is 1.